The van der Waals surface area contributed by atoms with Crippen LogP contribution >= 0.6 is 0 Å². The molecule has 140 valence electrons. The van der Waals surface area contributed by atoms with Crippen LogP contribution in [0.1, 0.15) is 45.4 Å². The third kappa shape index (κ3) is 3.00. The minimum absolute atomic E-state index is 0.0597. The van der Waals surface area contributed by atoms with E-state index >= 15 is 0 Å². The Hall–Kier alpha value is -1.95. The van der Waals surface area contributed by atoms with Crippen molar-refractivity contribution < 1.29 is 23.8 Å². The van der Waals surface area contributed by atoms with Gasteiger partial charge in [0.05, 0.1) is 16.7 Å². The zero-order valence-corrected chi connectivity index (χ0v) is 14.8. The van der Waals surface area contributed by atoms with Crippen LogP contribution in [0.25, 0.3) is 0 Å². The van der Waals surface area contributed by atoms with Crippen molar-refractivity contribution in [3.63, 3.8) is 0 Å². The van der Waals surface area contributed by atoms with E-state index in [0.29, 0.717) is 18.3 Å². The molecule has 1 aromatic rings. The van der Waals surface area contributed by atoms with Crippen molar-refractivity contribution in [3.05, 3.63) is 30.1 Å². The Labute approximate surface area is 151 Å². The zero-order chi connectivity index (χ0) is 18.5. The number of aliphatic hydroxyl groups is 1. The van der Waals surface area contributed by atoms with Crippen LogP contribution in [0, 0.1) is 23.1 Å². The van der Waals surface area contributed by atoms with E-state index in [-0.39, 0.29) is 5.69 Å². The SMILES string of the molecule is C[C@@H](OC(=O)C12C[C@H]3C[C@@H](CC(O)(C3)C1)C2)C(=O)Nc1ccccc1F. The van der Waals surface area contributed by atoms with Gasteiger partial charge in [0, 0.05) is 0 Å². The van der Waals surface area contributed by atoms with Gasteiger partial charge in [-0.3, -0.25) is 9.59 Å². The lowest BCUT2D eigenvalue weighted by Crippen LogP contribution is -2.59. The lowest BCUT2D eigenvalue weighted by atomic mass is 9.48. The second-order valence-corrected chi connectivity index (χ2v) is 8.48. The summed E-state index contributed by atoms with van der Waals surface area (Å²) in [6.45, 7) is 1.49. The van der Waals surface area contributed by atoms with E-state index in [0.717, 1.165) is 32.1 Å². The molecule has 0 aliphatic heterocycles. The summed E-state index contributed by atoms with van der Waals surface area (Å²) in [5, 5.41) is 13.2. The molecule has 4 saturated carbocycles. The van der Waals surface area contributed by atoms with Crippen LogP contribution in [0.5, 0.6) is 0 Å². The van der Waals surface area contributed by atoms with Gasteiger partial charge in [0.15, 0.2) is 6.10 Å². The van der Waals surface area contributed by atoms with Crippen molar-refractivity contribution in [2.75, 3.05) is 5.32 Å². The quantitative estimate of drug-likeness (QED) is 0.809. The number of rotatable bonds is 4. The molecule has 1 amide bonds. The highest BCUT2D eigenvalue weighted by atomic mass is 19.1. The van der Waals surface area contributed by atoms with Crippen LogP contribution in [0.3, 0.4) is 0 Å². The average Bonchev–Trinajstić information content (AvgIpc) is 2.54. The van der Waals surface area contributed by atoms with Gasteiger partial charge in [-0.1, -0.05) is 12.1 Å². The molecule has 2 N–H and O–H groups in total. The Balaban J connectivity index is 1.43. The first-order valence-electron chi connectivity index (χ1n) is 9.27. The van der Waals surface area contributed by atoms with Crippen LogP contribution in [-0.2, 0) is 14.3 Å². The van der Waals surface area contributed by atoms with Crippen LogP contribution in [-0.4, -0.2) is 28.7 Å². The number of amides is 1. The lowest BCUT2D eigenvalue weighted by molar-refractivity contribution is -0.199. The van der Waals surface area contributed by atoms with E-state index in [2.05, 4.69) is 5.32 Å². The first kappa shape index (κ1) is 17.5. The summed E-state index contributed by atoms with van der Waals surface area (Å²) in [5.74, 6) is -0.788. The number of esters is 1. The topological polar surface area (TPSA) is 75.6 Å². The van der Waals surface area contributed by atoms with Gasteiger partial charge in [0.25, 0.3) is 5.91 Å². The molecule has 3 atom stereocenters. The maximum atomic E-state index is 13.7. The van der Waals surface area contributed by atoms with Crippen molar-refractivity contribution in [1.82, 2.24) is 0 Å². The Bertz CT molecular complexity index is 735. The van der Waals surface area contributed by atoms with E-state index in [1.165, 1.54) is 25.1 Å². The fraction of sp³-hybridized carbons (Fsp3) is 0.600. The zero-order valence-electron chi connectivity index (χ0n) is 14.8. The lowest BCUT2D eigenvalue weighted by Gasteiger charge is -2.58. The molecule has 4 aliphatic carbocycles. The molecule has 0 saturated heterocycles. The molecule has 4 aliphatic rings. The van der Waals surface area contributed by atoms with E-state index in [1.807, 2.05) is 0 Å². The number of hydrogen-bond acceptors (Lipinski definition) is 4. The first-order valence-corrected chi connectivity index (χ1v) is 9.27. The normalized spacial score (nSPS) is 35.8. The molecular weight excluding hydrogens is 337 g/mol. The van der Waals surface area contributed by atoms with Gasteiger partial charge in [0.2, 0.25) is 0 Å². The highest BCUT2D eigenvalue weighted by Gasteiger charge is 2.61. The van der Waals surface area contributed by atoms with Crippen molar-refractivity contribution in [1.29, 1.82) is 0 Å². The molecule has 1 aromatic carbocycles. The van der Waals surface area contributed by atoms with Gasteiger partial charge >= 0.3 is 5.97 Å². The maximum Gasteiger partial charge on any atom is 0.312 e. The van der Waals surface area contributed by atoms with Crippen LogP contribution in [0.2, 0.25) is 0 Å². The smallest absolute Gasteiger partial charge is 0.312 e. The summed E-state index contributed by atoms with van der Waals surface area (Å²) in [6.07, 6.45) is 3.46. The van der Waals surface area contributed by atoms with Gasteiger partial charge < -0.3 is 15.2 Å². The maximum absolute atomic E-state index is 13.7. The van der Waals surface area contributed by atoms with E-state index in [1.54, 1.807) is 6.07 Å². The van der Waals surface area contributed by atoms with Gasteiger partial charge in [-0.2, -0.15) is 0 Å². The van der Waals surface area contributed by atoms with E-state index < -0.39 is 34.8 Å². The molecule has 0 spiro atoms. The Morgan fingerprint density at radius 2 is 1.88 bits per heavy atom. The Morgan fingerprint density at radius 3 is 2.50 bits per heavy atom. The summed E-state index contributed by atoms with van der Waals surface area (Å²) in [5.41, 5.74) is -1.38. The number of carbonyl (C=O) groups excluding carboxylic acids is 2. The van der Waals surface area contributed by atoms with Crippen molar-refractivity contribution in [2.24, 2.45) is 17.3 Å². The predicted octanol–water partition coefficient (Wildman–Crippen LogP) is 3.03. The predicted molar refractivity (Wildman–Crippen MR) is 92.6 cm³/mol. The molecule has 4 bridgehead atoms. The Morgan fingerprint density at radius 1 is 1.23 bits per heavy atom. The molecule has 26 heavy (non-hydrogen) atoms. The number of nitrogens with one attached hydrogen (secondary N) is 1. The van der Waals surface area contributed by atoms with Crippen molar-refractivity contribution in [2.45, 2.75) is 57.2 Å². The molecule has 0 heterocycles. The minimum Gasteiger partial charge on any atom is -0.452 e. The third-order valence-electron chi connectivity index (χ3n) is 6.25. The number of para-hydroxylation sites is 1. The summed E-state index contributed by atoms with van der Waals surface area (Å²) >= 11 is 0. The fourth-order valence-corrected chi connectivity index (χ4v) is 5.59. The number of hydrogen-bond donors (Lipinski definition) is 2. The minimum atomic E-state index is -1.02. The second kappa shape index (κ2) is 6.05. The number of halogens is 1. The molecule has 0 aromatic heterocycles. The van der Waals surface area contributed by atoms with Crippen LogP contribution < -0.4 is 5.32 Å². The number of ether oxygens (including phenoxy) is 1. The standard InChI is InChI=1S/C20H24FNO4/c1-12(17(23)22-16-5-3-2-4-15(16)21)26-18(24)19-7-13-6-14(8-19)10-20(25,9-13)11-19/h2-5,12-14,25H,6-11H2,1H3,(H,22,23)/t12-,13-,14-,19?,20?/m1/s1. The molecule has 5 nitrogen and oxygen atoms in total. The number of carbonyl (C=O) groups is 2. The second-order valence-electron chi connectivity index (χ2n) is 8.48. The van der Waals surface area contributed by atoms with Gasteiger partial charge in [-0.15, -0.1) is 0 Å². The van der Waals surface area contributed by atoms with Crippen LogP contribution in [0.15, 0.2) is 24.3 Å². The number of benzene rings is 1. The summed E-state index contributed by atoms with van der Waals surface area (Å²) in [4.78, 5) is 25.2. The summed E-state index contributed by atoms with van der Waals surface area (Å²) in [7, 11) is 0. The van der Waals surface area contributed by atoms with E-state index in [4.69, 9.17) is 4.74 Å². The Kier molecular flexibility index (Phi) is 4.06. The van der Waals surface area contributed by atoms with Gasteiger partial charge in [-0.25, -0.2) is 4.39 Å². The highest BCUT2D eigenvalue weighted by molar-refractivity contribution is 5.95. The monoisotopic (exact) mass is 361 g/mol. The molecule has 0 radical (unpaired) electrons. The average molecular weight is 361 g/mol. The molecule has 0 unspecified atom stereocenters. The molecule has 5 rings (SSSR count). The summed E-state index contributed by atoms with van der Waals surface area (Å²) in [6, 6.07) is 5.86. The van der Waals surface area contributed by atoms with Crippen molar-refractivity contribution >= 4 is 17.6 Å². The highest BCUT2D eigenvalue weighted by Crippen LogP contribution is 2.62. The summed E-state index contributed by atoms with van der Waals surface area (Å²) < 4.78 is 19.1. The molecular formula is C20H24FNO4. The molecule has 6 heteroatoms. The van der Waals surface area contributed by atoms with Crippen molar-refractivity contribution in [3.8, 4) is 0 Å². The third-order valence-corrected chi connectivity index (χ3v) is 6.25. The van der Waals surface area contributed by atoms with Gasteiger partial charge in [0.1, 0.15) is 5.82 Å². The van der Waals surface area contributed by atoms with Crippen LogP contribution in [0.4, 0.5) is 10.1 Å². The van der Waals surface area contributed by atoms with Gasteiger partial charge in [-0.05, 0) is 69.4 Å². The molecule has 4 fully saturated rings. The number of anilines is 1. The van der Waals surface area contributed by atoms with E-state index in [9.17, 15) is 19.1 Å². The first-order chi connectivity index (χ1) is 12.3. The largest absolute Gasteiger partial charge is 0.452 e. The fourth-order valence-electron chi connectivity index (χ4n) is 5.59.